The van der Waals surface area contributed by atoms with E-state index in [1.165, 1.54) is 6.07 Å². The Kier molecular flexibility index (Phi) is 3.20. The molecule has 72 valence electrons. The minimum absolute atomic E-state index is 0.106. The molecular formula is C8H12NO3P. The Bertz CT molecular complexity index is 340. The van der Waals surface area contributed by atoms with Crippen LogP contribution in [0.15, 0.2) is 18.2 Å². The van der Waals surface area contributed by atoms with Gasteiger partial charge in [0.25, 0.3) is 0 Å². The normalized spacial score (nSPS) is 15.3. The van der Waals surface area contributed by atoms with E-state index >= 15 is 0 Å². The Balaban J connectivity index is 3.00. The van der Waals surface area contributed by atoms with Gasteiger partial charge in [-0.25, -0.2) is 4.98 Å². The van der Waals surface area contributed by atoms with Crippen molar-refractivity contribution in [1.82, 2.24) is 4.98 Å². The maximum absolute atomic E-state index is 11.4. The van der Waals surface area contributed by atoms with Gasteiger partial charge in [0.2, 0.25) is 0 Å². The SMILES string of the molecule is CCOP(=O)(O)c1cccc(C)n1. The maximum Gasteiger partial charge on any atom is 0.376 e. The van der Waals surface area contributed by atoms with Gasteiger partial charge in [-0.1, -0.05) is 6.07 Å². The Morgan fingerprint density at radius 2 is 2.31 bits per heavy atom. The highest BCUT2D eigenvalue weighted by atomic mass is 31.2. The van der Waals surface area contributed by atoms with Gasteiger partial charge in [0.05, 0.1) is 6.61 Å². The van der Waals surface area contributed by atoms with E-state index in [9.17, 15) is 9.46 Å². The van der Waals surface area contributed by atoms with Crippen molar-refractivity contribution in [2.24, 2.45) is 0 Å². The number of hydrogen-bond acceptors (Lipinski definition) is 3. The van der Waals surface area contributed by atoms with Crippen LogP contribution in [0, 0.1) is 6.92 Å². The molecule has 0 amide bonds. The van der Waals surface area contributed by atoms with Gasteiger partial charge in [-0.2, -0.15) is 0 Å². The van der Waals surface area contributed by atoms with Crippen molar-refractivity contribution in [3.05, 3.63) is 23.9 Å². The Labute approximate surface area is 77.1 Å². The zero-order valence-electron chi connectivity index (χ0n) is 7.60. The van der Waals surface area contributed by atoms with Crippen LogP contribution in [0.3, 0.4) is 0 Å². The quantitative estimate of drug-likeness (QED) is 0.747. The van der Waals surface area contributed by atoms with Gasteiger partial charge in [0, 0.05) is 5.69 Å². The molecule has 0 aliphatic heterocycles. The lowest BCUT2D eigenvalue weighted by molar-refractivity contribution is 0.283. The number of pyridine rings is 1. The summed E-state index contributed by atoms with van der Waals surface area (Å²) in [4.78, 5) is 13.3. The molecule has 0 saturated heterocycles. The molecule has 1 atom stereocenters. The third-order valence-electron chi connectivity index (χ3n) is 1.47. The maximum atomic E-state index is 11.4. The largest absolute Gasteiger partial charge is 0.376 e. The Morgan fingerprint density at radius 3 is 2.85 bits per heavy atom. The Hall–Kier alpha value is -0.700. The van der Waals surface area contributed by atoms with Crippen LogP contribution < -0.4 is 5.44 Å². The fourth-order valence-corrected chi connectivity index (χ4v) is 1.97. The third-order valence-corrected chi connectivity index (χ3v) is 2.90. The predicted octanol–water partition coefficient (Wildman–Crippen LogP) is 1.24. The first kappa shape index (κ1) is 10.4. The van der Waals surface area contributed by atoms with Crippen molar-refractivity contribution in [1.29, 1.82) is 0 Å². The second-order valence-corrected chi connectivity index (χ2v) is 4.33. The van der Waals surface area contributed by atoms with Crippen molar-refractivity contribution in [2.75, 3.05) is 6.61 Å². The lowest BCUT2D eigenvalue weighted by atomic mass is 10.4. The van der Waals surface area contributed by atoms with Gasteiger partial charge in [-0.3, -0.25) is 4.57 Å². The van der Waals surface area contributed by atoms with E-state index in [1.54, 1.807) is 26.0 Å². The highest BCUT2D eigenvalue weighted by molar-refractivity contribution is 7.60. The van der Waals surface area contributed by atoms with Gasteiger partial charge in [-0.15, -0.1) is 0 Å². The highest BCUT2D eigenvalue weighted by Crippen LogP contribution is 2.39. The van der Waals surface area contributed by atoms with E-state index in [4.69, 9.17) is 4.52 Å². The summed E-state index contributed by atoms with van der Waals surface area (Å²) in [6.45, 7) is 3.62. The van der Waals surface area contributed by atoms with Crippen LogP contribution in [0.2, 0.25) is 0 Å². The van der Waals surface area contributed by atoms with Crippen LogP contribution in [0.25, 0.3) is 0 Å². The van der Waals surface area contributed by atoms with E-state index < -0.39 is 7.60 Å². The molecule has 0 aliphatic rings. The Morgan fingerprint density at radius 1 is 1.62 bits per heavy atom. The molecule has 0 fully saturated rings. The summed E-state index contributed by atoms with van der Waals surface area (Å²) in [5.74, 6) is 0. The van der Waals surface area contributed by atoms with Crippen LogP contribution in [0.4, 0.5) is 0 Å². The first-order chi connectivity index (χ1) is 6.06. The van der Waals surface area contributed by atoms with Crippen molar-refractivity contribution >= 4 is 13.0 Å². The van der Waals surface area contributed by atoms with Gasteiger partial charge in [0.15, 0.2) is 5.44 Å². The summed E-state index contributed by atoms with van der Waals surface area (Å²) in [7, 11) is -3.68. The zero-order chi connectivity index (χ0) is 9.90. The smallest absolute Gasteiger partial charge is 0.320 e. The first-order valence-electron chi connectivity index (χ1n) is 3.98. The molecule has 0 spiro atoms. The minimum atomic E-state index is -3.68. The lowest BCUT2D eigenvalue weighted by Gasteiger charge is -2.09. The number of hydrogen-bond donors (Lipinski definition) is 1. The number of nitrogens with zero attached hydrogens (tertiary/aromatic N) is 1. The molecule has 0 radical (unpaired) electrons. The van der Waals surface area contributed by atoms with Crippen LogP contribution >= 0.6 is 7.60 Å². The molecular weight excluding hydrogens is 189 g/mol. The summed E-state index contributed by atoms with van der Waals surface area (Å²) in [6, 6.07) is 4.93. The van der Waals surface area contributed by atoms with E-state index in [2.05, 4.69) is 4.98 Å². The molecule has 1 aromatic rings. The fraction of sp³-hybridized carbons (Fsp3) is 0.375. The molecule has 0 aromatic carbocycles. The second-order valence-electron chi connectivity index (χ2n) is 2.58. The van der Waals surface area contributed by atoms with E-state index in [0.717, 1.165) is 0 Å². The molecule has 5 heteroatoms. The molecule has 0 aliphatic carbocycles. The average molecular weight is 201 g/mol. The molecule has 13 heavy (non-hydrogen) atoms. The lowest BCUT2D eigenvalue weighted by Crippen LogP contribution is -2.11. The average Bonchev–Trinajstić information content (AvgIpc) is 2.04. The number of aromatic nitrogens is 1. The third kappa shape index (κ3) is 2.62. The van der Waals surface area contributed by atoms with Crippen LogP contribution in [-0.4, -0.2) is 16.5 Å². The molecule has 1 heterocycles. The summed E-state index contributed by atoms with van der Waals surface area (Å²) in [6.07, 6.45) is 0. The van der Waals surface area contributed by atoms with Crippen LogP contribution in [0.5, 0.6) is 0 Å². The topological polar surface area (TPSA) is 59.4 Å². The summed E-state index contributed by atoms with van der Waals surface area (Å²) >= 11 is 0. The minimum Gasteiger partial charge on any atom is -0.320 e. The van der Waals surface area contributed by atoms with Crippen molar-refractivity contribution in [3.63, 3.8) is 0 Å². The van der Waals surface area contributed by atoms with Gasteiger partial charge in [0.1, 0.15) is 0 Å². The van der Waals surface area contributed by atoms with Crippen LogP contribution in [0.1, 0.15) is 12.6 Å². The van der Waals surface area contributed by atoms with E-state index in [1.807, 2.05) is 0 Å². The molecule has 1 rings (SSSR count). The summed E-state index contributed by atoms with van der Waals surface area (Å²) in [5, 5.41) is 0. The molecule has 0 saturated carbocycles. The molecule has 1 aromatic heterocycles. The summed E-state index contributed by atoms with van der Waals surface area (Å²) in [5.41, 5.74) is 0.806. The van der Waals surface area contributed by atoms with Crippen molar-refractivity contribution in [3.8, 4) is 0 Å². The highest BCUT2D eigenvalue weighted by Gasteiger charge is 2.23. The van der Waals surface area contributed by atoms with E-state index in [0.29, 0.717) is 5.69 Å². The predicted molar refractivity (Wildman–Crippen MR) is 50.1 cm³/mol. The zero-order valence-corrected chi connectivity index (χ0v) is 8.49. The number of rotatable bonds is 3. The number of aryl methyl sites for hydroxylation is 1. The van der Waals surface area contributed by atoms with Gasteiger partial charge in [-0.05, 0) is 26.0 Å². The summed E-state index contributed by atoms with van der Waals surface area (Å²) < 4.78 is 16.2. The fourth-order valence-electron chi connectivity index (χ4n) is 0.927. The molecule has 0 bridgehead atoms. The van der Waals surface area contributed by atoms with Crippen LogP contribution in [-0.2, 0) is 9.09 Å². The van der Waals surface area contributed by atoms with Gasteiger partial charge >= 0.3 is 7.60 Å². The monoisotopic (exact) mass is 201 g/mol. The molecule has 1 unspecified atom stereocenters. The molecule has 4 nitrogen and oxygen atoms in total. The first-order valence-corrected chi connectivity index (χ1v) is 5.55. The van der Waals surface area contributed by atoms with E-state index in [-0.39, 0.29) is 12.0 Å². The standard InChI is InChI=1S/C8H12NO3P/c1-3-12-13(10,11)8-6-4-5-7(2)9-8/h4-6H,3H2,1-2H3,(H,10,11). The van der Waals surface area contributed by atoms with Crippen molar-refractivity contribution in [2.45, 2.75) is 13.8 Å². The molecule has 1 N–H and O–H groups in total. The van der Waals surface area contributed by atoms with Gasteiger partial charge < -0.3 is 9.42 Å². The second kappa shape index (κ2) is 4.01. The van der Waals surface area contributed by atoms with Crippen molar-refractivity contribution < 1.29 is 14.0 Å².